The van der Waals surface area contributed by atoms with Crippen LogP contribution < -0.4 is 19.6 Å². The Balaban J connectivity index is 1.88. The van der Waals surface area contributed by atoms with Crippen molar-refractivity contribution in [3.63, 3.8) is 0 Å². The summed E-state index contributed by atoms with van der Waals surface area (Å²) < 4.78 is 13.3. The minimum atomic E-state index is -0.762. The molecule has 176 valence electrons. The van der Waals surface area contributed by atoms with Crippen LogP contribution in [0.3, 0.4) is 0 Å². The number of carbonyl (C=O) groups is 1. The second-order valence-electron chi connectivity index (χ2n) is 7.69. The second kappa shape index (κ2) is 9.85. The summed E-state index contributed by atoms with van der Waals surface area (Å²) in [7, 11) is 1.57. The molecule has 6 nitrogen and oxygen atoms in total. The topological polar surface area (TPSA) is 69.9 Å². The van der Waals surface area contributed by atoms with Crippen molar-refractivity contribution in [1.29, 1.82) is 0 Å². The van der Waals surface area contributed by atoms with E-state index in [4.69, 9.17) is 14.5 Å². The number of ether oxygens (including phenoxy) is 2. The van der Waals surface area contributed by atoms with Crippen LogP contribution in [-0.2, 0) is 9.53 Å². The van der Waals surface area contributed by atoms with Crippen LogP contribution in [0.25, 0.3) is 11.8 Å². The average Bonchev–Trinajstić information content (AvgIpc) is 3.51. The van der Waals surface area contributed by atoms with Gasteiger partial charge in [0.1, 0.15) is 11.8 Å². The third-order valence-corrected chi connectivity index (χ3v) is 7.43. The van der Waals surface area contributed by atoms with Crippen molar-refractivity contribution in [2.24, 2.45) is 4.99 Å². The Morgan fingerprint density at radius 3 is 2.57 bits per heavy atom. The Morgan fingerprint density at radius 2 is 1.86 bits per heavy atom. The van der Waals surface area contributed by atoms with E-state index < -0.39 is 12.0 Å². The van der Waals surface area contributed by atoms with E-state index in [1.165, 1.54) is 11.3 Å². The lowest BCUT2D eigenvalue weighted by Gasteiger charge is -2.27. The van der Waals surface area contributed by atoms with E-state index in [2.05, 4.69) is 0 Å². The molecule has 1 unspecified atom stereocenters. The van der Waals surface area contributed by atoms with Gasteiger partial charge >= 0.3 is 5.97 Å². The van der Waals surface area contributed by atoms with Crippen LogP contribution in [0.15, 0.2) is 87.5 Å². The fraction of sp³-hybridized carbons (Fsp3) is 0.148. The predicted molar refractivity (Wildman–Crippen MR) is 138 cm³/mol. The van der Waals surface area contributed by atoms with Gasteiger partial charge in [-0.1, -0.05) is 65.9 Å². The highest BCUT2D eigenvalue weighted by Gasteiger charge is 2.36. The third-order valence-electron chi connectivity index (χ3n) is 5.62. The number of hydrogen-bond acceptors (Lipinski definition) is 7. The first kappa shape index (κ1) is 23.0. The van der Waals surface area contributed by atoms with E-state index in [-0.39, 0.29) is 12.2 Å². The molecule has 1 aliphatic heterocycles. The molecule has 0 saturated heterocycles. The van der Waals surface area contributed by atoms with E-state index in [0.29, 0.717) is 31.9 Å². The van der Waals surface area contributed by atoms with E-state index in [1.807, 2.05) is 78.2 Å². The standard InChI is InChI=1S/C27H22N2O4S2/c1-3-33-26(31)22-23(17-10-5-4-6-11-17)28-27-29(24(22)19-13-7-8-14-20(19)32-2)25(30)21(35-27)16-18-12-9-15-34-18/h4-16,24H,3H2,1-2H3/b21-16+. The summed E-state index contributed by atoms with van der Waals surface area (Å²) in [5.74, 6) is 0.0555. The molecule has 0 spiro atoms. The van der Waals surface area contributed by atoms with Crippen LogP contribution in [0, 0.1) is 0 Å². The smallest absolute Gasteiger partial charge is 0.338 e. The number of nitrogens with zero attached hydrogens (tertiary/aromatic N) is 2. The highest BCUT2D eigenvalue weighted by Crippen LogP contribution is 2.38. The lowest BCUT2D eigenvalue weighted by molar-refractivity contribution is -0.138. The number of benzene rings is 2. The Morgan fingerprint density at radius 1 is 1.09 bits per heavy atom. The Bertz CT molecular complexity index is 1580. The first-order chi connectivity index (χ1) is 17.1. The van der Waals surface area contributed by atoms with Gasteiger partial charge in [-0.15, -0.1) is 11.3 Å². The van der Waals surface area contributed by atoms with Gasteiger partial charge in [-0.25, -0.2) is 9.79 Å². The molecule has 0 fully saturated rings. The fourth-order valence-corrected chi connectivity index (χ4v) is 5.85. The molecule has 0 bridgehead atoms. The fourth-order valence-electron chi connectivity index (χ4n) is 4.13. The van der Waals surface area contributed by atoms with Gasteiger partial charge in [-0.2, -0.15) is 0 Å². The molecule has 0 aliphatic carbocycles. The van der Waals surface area contributed by atoms with Crippen LogP contribution in [0.4, 0.5) is 0 Å². The molecule has 1 atom stereocenters. The Labute approximate surface area is 209 Å². The molecular weight excluding hydrogens is 480 g/mol. The number of carbonyl (C=O) groups excluding carboxylic acids is 1. The van der Waals surface area contributed by atoms with Crippen molar-refractivity contribution in [2.75, 3.05) is 13.7 Å². The largest absolute Gasteiger partial charge is 0.496 e. The first-order valence-electron chi connectivity index (χ1n) is 11.1. The number of para-hydroxylation sites is 1. The van der Waals surface area contributed by atoms with Gasteiger partial charge in [-0.05, 0) is 30.5 Å². The zero-order valence-corrected chi connectivity index (χ0v) is 20.8. The van der Waals surface area contributed by atoms with Gasteiger partial charge in [0.2, 0.25) is 0 Å². The molecule has 0 saturated carbocycles. The number of hydrogen-bond donors (Lipinski definition) is 0. The Kier molecular flexibility index (Phi) is 6.48. The molecule has 5 rings (SSSR count). The molecule has 0 amide bonds. The van der Waals surface area contributed by atoms with Gasteiger partial charge < -0.3 is 9.47 Å². The van der Waals surface area contributed by atoms with Crippen molar-refractivity contribution >= 4 is 40.4 Å². The van der Waals surface area contributed by atoms with E-state index in [1.54, 1.807) is 29.9 Å². The number of methoxy groups -OCH3 is 1. The molecule has 1 aliphatic rings. The Hall–Kier alpha value is -3.75. The van der Waals surface area contributed by atoms with Crippen molar-refractivity contribution in [1.82, 2.24) is 4.57 Å². The highest BCUT2D eigenvalue weighted by atomic mass is 32.1. The average molecular weight is 503 g/mol. The molecular formula is C27H22N2O4S2. The molecule has 4 aromatic rings. The minimum absolute atomic E-state index is 0.200. The monoisotopic (exact) mass is 502 g/mol. The number of esters is 1. The number of thiophene rings is 1. The molecule has 0 radical (unpaired) electrons. The predicted octanol–water partition coefficient (Wildman–Crippen LogP) is 4.01. The number of fused-ring (bicyclic) bond motifs is 1. The maximum absolute atomic E-state index is 13.8. The summed E-state index contributed by atoms with van der Waals surface area (Å²) >= 11 is 2.86. The zero-order chi connectivity index (χ0) is 24.4. The number of rotatable bonds is 6. The summed E-state index contributed by atoms with van der Waals surface area (Å²) in [5, 5.41) is 1.97. The summed E-state index contributed by atoms with van der Waals surface area (Å²) in [4.78, 5) is 33.5. The highest BCUT2D eigenvalue weighted by molar-refractivity contribution is 7.11. The molecule has 3 heterocycles. The zero-order valence-electron chi connectivity index (χ0n) is 19.1. The van der Waals surface area contributed by atoms with E-state index >= 15 is 0 Å². The SMILES string of the molecule is CCOC(=O)C1=C(c2ccccc2)N=c2s/c(=C/c3cccs3)c(=O)n2C1c1ccccc1OC. The molecule has 2 aromatic carbocycles. The minimum Gasteiger partial charge on any atom is -0.496 e. The van der Waals surface area contributed by atoms with E-state index in [0.717, 1.165) is 10.4 Å². The van der Waals surface area contributed by atoms with Gasteiger partial charge in [0.05, 0.1) is 29.5 Å². The van der Waals surface area contributed by atoms with E-state index in [9.17, 15) is 9.59 Å². The van der Waals surface area contributed by atoms with Gasteiger partial charge in [0, 0.05) is 16.0 Å². The molecule has 35 heavy (non-hydrogen) atoms. The van der Waals surface area contributed by atoms with Crippen molar-refractivity contribution in [3.05, 3.63) is 113 Å². The van der Waals surface area contributed by atoms with Crippen molar-refractivity contribution in [2.45, 2.75) is 13.0 Å². The first-order valence-corrected chi connectivity index (χ1v) is 12.8. The van der Waals surface area contributed by atoms with Gasteiger partial charge in [-0.3, -0.25) is 9.36 Å². The molecule has 0 N–H and O–H groups in total. The van der Waals surface area contributed by atoms with Crippen LogP contribution in [0.5, 0.6) is 5.75 Å². The maximum Gasteiger partial charge on any atom is 0.338 e. The summed E-state index contributed by atoms with van der Waals surface area (Å²) in [6.45, 7) is 1.96. The lowest BCUT2D eigenvalue weighted by Crippen LogP contribution is -2.40. The molecule has 8 heteroatoms. The van der Waals surface area contributed by atoms with Crippen LogP contribution in [0.2, 0.25) is 0 Å². The number of aromatic nitrogens is 1. The third kappa shape index (κ3) is 4.26. The second-order valence-corrected chi connectivity index (χ2v) is 9.68. The van der Waals surface area contributed by atoms with Crippen molar-refractivity contribution < 1.29 is 14.3 Å². The summed E-state index contributed by atoms with van der Waals surface area (Å²) in [6, 6.07) is 20.0. The maximum atomic E-state index is 13.8. The van der Waals surface area contributed by atoms with Crippen LogP contribution in [0.1, 0.15) is 29.0 Å². The normalized spacial score (nSPS) is 15.5. The summed E-state index contributed by atoms with van der Waals surface area (Å²) in [5.41, 5.74) is 2.03. The lowest BCUT2D eigenvalue weighted by atomic mass is 9.92. The van der Waals surface area contributed by atoms with Gasteiger partial charge in [0.15, 0.2) is 4.80 Å². The van der Waals surface area contributed by atoms with Crippen LogP contribution in [-0.4, -0.2) is 24.3 Å². The van der Waals surface area contributed by atoms with Crippen LogP contribution >= 0.6 is 22.7 Å². The summed E-state index contributed by atoms with van der Waals surface area (Å²) in [6.07, 6.45) is 1.87. The van der Waals surface area contributed by atoms with Gasteiger partial charge in [0.25, 0.3) is 5.56 Å². The molecule has 2 aromatic heterocycles. The quantitative estimate of drug-likeness (QED) is 0.374. The number of thiazole rings is 1. The van der Waals surface area contributed by atoms with Crippen molar-refractivity contribution in [3.8, 4) is 5.75 Å².